The zero-order valence-electron chi connectivity index (χ0n) is 13.7. The number of hydrogen-bond acceptors (Lipinski definition) is 7. The summed E-state index contributed by atoms with van der Waals surface area (Å²) >= 11 is 0. The summed E-state index contributed by atoms with van der Waals surface area (Å²) in [6.07, 6.45) is 1.92. The Kier molecular flexibility index (Phi) is 4.43. The van der Waals surface area contributed by atoms with Crippen LogP contribution in [0.1, 0.15) is 18.1 Å². The average molecular weight is 353 g/mol. The highest BCUT2D eigenvalue weighted by molar-refractivity contribution is 7.86. The molecule has 1 saturated heterocycles. The van der Waals surface area contributed by atoms with Crippen LogP contribution in [0.2, 0.25) is 0 Å². The molecule has 24 heavy (non-hydrogen) atoms. The van der Waals surface area contributed by atoms with Crippen LogP contribution in [0.5, 0.6) is 0 Å². The van der Waals surface area contributed by atoms with Gasteiger partial charge in [-0.15, -0.1) is 0 Å². The van der Waals surface area contributed by atoms with Gasteiger partial charge < -0.3 is 9.47 Å². The molecule has 0 N–H and O–H groups in total. The molecular formula is C15H19N3O5S. The molecule has 2 aromatic rings. The Balaban J connectivity index is 1.70. The third kappa shape index (κ3) is 3.64. The molecule has 2 heterocycles. The van der Waals surface area contributed by atoms with E-state index in [1.54, 1.807) is 30.7 Å². The molecule has 0 radical (unpaired) electrons. The first-order valence-corrected chi connectivity index (χ1v) is 8.83. The van der Waals surface area contributed by atoms with Crippen molar-refractivity contribution < 1.29 is 22.1 Å². The SMILES string of the molecule is Cc1ccc(S(=O)(=O)OC2COC(C)(Cn3cncn3)O2)c(C)c1. The lowest BCUT2D eigenvalue weighted by molar-refractivity contribution is -0.188. The quantitative estimate of drug-likeness (QED) is 0.750. The van der Waals surface area contributed by atoms with Gasteiger partial charge in [0.1, 0.15) is 19.3 Å². The molecule has 1 aliphatic rings. The van der Waals surface area contributed by atoms with E-state index in [1.165, 1.54) is 18.7 Å². The summed E-state index contributed by atoms with van der Waals surface area (Å²) in [7, 11) is -3.94. The fourth-order valence-corrected chi connectivity index (χ4v) is 3.77. The predicted octanol–water partition coefficient (Wildman–Crippen LogP) is 1.39. The van der Waals surface area contributed by atoms with Crippen molar-refractivity contribution in [1.82, 2.24) is 14.8 Å². The number of rotatable bonds is 5. The molecule has 9 heteroatoms. The molecule has 8 nitrogen and oxygen atoms in total. The summed E-state index contributed by atoms with van der Waals surface area (Å²) in [5.41, 5.74) is 1.60. The van der Waals surface area contributed by atoms with Crippen LogP contribution in [0.4, 0.5) is 0 Å². The molecule has 0 saturated carbocycles. The summed E-state index contributed by atoms with van der Waals surface area (Å²) in [4.78, 5) is 3.97. The summed E-state index contributed by atoms with van der Waals surface area (Å²) in [5.74, 6) is -1.03. The summed E-state index contributed by atoms with van der Waals surface area (Å²) in [6.45, 7) is 5.60. The van der Waals surface area contributed by atoms with Crippen LogP contribution in [-0.4, -0.2) is 41.9 Å². The molecule has 0 aliphatic carbocycles. The summed E-state index contributed by atoms with van der Waals surface area (Å²) in [6, 6.07) is 5.05. The van der Waals surface area contributed by atoms with Crippen LogP contribution in [0.25, 0.3) is 0 Å². The van der Waals surface area contributed by atoms with Crippen LogP contribution in [0.3, 0.4) is 0 Å². The molecule has 0 spiro atoms. The Morgan fingerprint density at radius 2 is 2.21 bits per heavy atom. The fourth-order valence-electron chi connectivity index (χ4n) is 2.60. The van der Waals surface area contributed by atoms with E-state index in [-0.39, 0.29) is 18.0 Å². The topological polar surface area (TPSA) is 92.5 Å². The second kappa shape index (κ2) is 6.25. The van der Waals surface area contributed by atoms with Gasteiger partial charge in [-0.25, -0.2) is 13.8 Å². The minimum absolute atomic E-state index is 0.00926. The van der Waals surface area contributed by atoms with Gasteiger partial charge in [-0.05, 0) is 32.4 Å². The second-order valence-electron chi connectivity index (χ2n) is 5.90. The minimum atomic E-state index is -3.94. The van der Waals surface area contributed by atoms with E-state index in [9.17, 15) is 8.42 Å². The third-order valence-electron chi connectivity index (χ3n) is 3.66. The molecule has 130 valence electrons. The van der Waals surface area contributed by atoms with Crippen LogP contribution in [0.15, 0.2) is 35.7 Å². The Morgan fingerprint density at radius 1 is 1.42 bits per heavy atom. The van der Waals surface area contributed by atoms with Gasteiger partial charge in [0.15, 0.2) is 5.79 Å². The first-order chi connectivity index (χ1) is 11.3. The maximum absolute atomic E-state index is 12.5. The number of aromatic nitrogens is 3. The van der Waals surface area contributed by atoms with Gasteiger partial charge in [0, 0.05) is 0 Å². The van der Waals surface area contributed by atoms with Gasteiger partial charge in [0.05, 0.1) is 11.4 Å². The van der Waals surface area contributed by atoms with Crippen molar-refractivity contribution in [1.29, 1.82) is 0 Å². The van der Waals surface area contributed by atoms with Crippen molar-refractivity contribution in [2.45, 2.75) is 44.3 Å². The monoisotopic (exact) mass is 353 g/mol. The van der Waals surface area contributed by atoms with Crippen molar-refractivity contribution >= 4 is 10.1 Å². The van der Waals surface area contributed by atoms with Gasteiger partial charge in [-0.3, -0.25) is 0 Å². The number of benzene rings is 1. The van der Waals surface area contributed by atoms with Crippen molar-refractivity contribution in [3.8, 4) is 0 Å². The normalized spacial score (nSPS) is 24.4. The van der Waals surface area contributed by atoms with Crippen molar-refractivity contribution in [2.75, 3.05) is 6.61 Å². The van der Waals surface area contributed by atoms with Gasteiger partial charge in [-0.1, -0.05) is 17.7 Å². The van der Waals surface area contributed by atoms with Gasteiger partial charge >= 0.3 is 0 Å². The van der Waals surface area contributed by atoms with Crippen molar-refractivity contribution in [2.24, 2.45) is 0 Å². The molecule has 0 bridgehead atoms. The highest BCUT2D eigenvalue weighted by atomic mass is 32.2. The zero-order chi connectivity index (χ0) is 17.4. The van der Waals surface area contributed by atoms with Crippen molar-refractivity contribution in [3.63, 3.8) is 0 Å². The van der Waals surface area contributed by atoms with Crippen LogP contribution in [-0.2, 0) is 30.3 Å². The fraction of sp³-hybridized carbons (Fsp3) is 0.467. The maximum atomic E-state index is 12.5. The highest BCUT2D eigenvalue weighted by Gasteiger charge is 2.41. The lowest BCUT2D eigenvalue weighted by Gasteiger charge is -2.22. The van der Waals surface area contributed by atoms with E-state index in [0.717, 1.165) is 5.56 Å². The molecule has 1 aromatic heterocycles. The number of hydrogen-bond donors (Lipinski definition) is 0. The molecular weight excluding hydrogens is 334 g/mol. The van der Waals surface area contributed by atoms with Gasteiger partial charge in [0.2, 0.25) is 6.29 Å². The minimum Gasteiger partial charge on any atom is -0.343 e. The van der Waals surface area contributed by atoms with E-state index in [4.69, 9.17) is 13.7 Å². The first-order valence-electron chi connectivity index (χ1n) is 7.42. The number of aryl methyl sites for hydroxylation is 2. The largest absolute Gasteiger partial charge is 0.343 e. The smallest absolute Gasteiger partial charge is 0.299 e. The predicted molar refractivity (Wildman–Crippen MR) is 83.4 cm³/mol. The molecule has 1 fully saturated rings. The molecule has 3 rings (SSSR count). The molecule has 1 aliphatic heterocycles. The van der Waals surface area contributed by atoms with Crippen molar-refractivity contribution in [3.05, 3.63) is 42.0 Å². The standard InChI is InChI=1S/C15H19N3O5S/c1-11-4-5-13(12(2)6-11)24(19,20)23-14-7-21-15(3,22-14)8-18-10-16-9-17-18/h4-6,9-10,14H,7-8H2,1-3H3. The second-order valence-corrected chi connectivity index (χ2v) is 7.45. The summed E-state index contributed by atoms with van der Waals surface area (Å²) < 4.78 is 42.9. The highest BCUT2D eigenvalue weighted by Crippen LogP contribution is 2.28. The lowest BCUT2D eigenvalue weighted by atomic mass is 10.2. The van der Waals surface area contributed by atoms with Gasteiger partial charge in [0.25, 0.3) is 10.1 Å². The molecule has 2 unspecified atom stereocenters. The molecule has 1 aromatic carbocycles. The van der Waals surface area contributed by atoms with Crippen LogP contribution >= 0.6 is 0 Å². The van der Waals surface area contributed by atoms with E-state index in [1.807, 2.05) is 6.92 Å². The number of nitrogens with zero attached hydrogens (tertiary/aromatic N) is 3. The van der Waals surface area contributed by atoms with E-state index in [2.05, 4.69) is 10.1 Å². The maximum Gasteiger partial charge on any atom is 0.299 e. The van der Waals surface area contributed by atoms with E-state index in [0.29, 0.717) is 5.56 Å². The number of ether oxygens (including phenoxy) is 2. The molecule has 0 amide bonds. The Labute approximate surface area is 140 Å². The Hall–Kier alpha value is -1.81. The third-order valence-corrected chi connectivity index (χ3v) is 5.12. The average Bonchev–Trinajstić information content (AvgIpc) is 3.08. The summed E-state index contributed by atoms with van der Waals surface area (Å²) in [5, 5.41) is 3.98. The van der Waals surface area contributed by atoms with Crippen LogP contribution in [0, 0.1) is 13.8 Å². The zero-order valence-corrected chi connectivity index (χ0v) is 14.5. The first kappa shape index (κ1) is 17.0. The van der Waals surface area contributed by atoms with E-state index >= 15 is 0 Å². The van der Waals surface area contributed by atoms with E-state index < -0.39 is 22.2 Å². The Bertz CT molecular complexity index is 822. The lowest BCUT2D eigenvalue weighted by Crippen LogP contribution is -2.33. The Morgan fingerprint density at radius 3 is 2.88 bits per heavy atom. The molecule has 2 atom stereocenters. The van der Waals surface area contributed by atoms with Gasteiger partial charge in [-0.2, -0.15) is 13.5 Å². The van der Waals surface area contributed by atoms with Crippen LogP contribution < -0.4 is 0 Å².